The van der Waals surface area contributed by atoms with Crippen LogP contribution < -0.4 is 16.4 Å². The van der Waals surface area contributed by atoms with Crippen LogP contribution in [0.25, 0.3) is 0 Å². The second kappa shape index (κ2) is 5.47. The molecule has 6 heteroatoms. The maximum absolute atomic E-state index is 10.8. The first kappa shape index (κ1) is 13.2. The lowest BCUT2D eigenvalue weighted by molar-refractivity contribution is -0.116. The molecule has 94 valence electrons. The third-order valence-electron chi connectivity index (χ3n) is 2.35. The number of primary amides is 1. The van der Waals surface area contributed by atoms with Crippen molar-refractivity contribution in [1.29, 1.82) is 0 Å². The Morgan fingerprint density at radius 1 is 1.35 bits per heavy atom. The number of rotatable bonds is 5. The van der Waals surface area contributed by atoms with E-state index in [0.717, 1.165) is 17.2 Å². The number of carbonyl (C=O) groups excluding carboxylic acids is 1. The summed E-state index contributed by atoms with van der Waals surface area (Å²) in [5.74, 6) is 1.94. The van der Waals surface area contributed by atoms with Crippen LogP contribution in [0.4, 0.5) is 11.6 Å². The molecule has 0 saturated heterocycles. The Morgan fingerprint density at radius 3 is 2.41 bits per heavy atom. The zero-order chi connectivity index (χ0) is 13.0. The molecule has 0 bridgehead atoms. The lowest BCUT2D eigenvalue weighted by atomic mass is 10.2. The zero-order valence-electron chi connectivity index (χ0n) is 10.7. The Kier molecular flexibility index (Phi) is 4.25. The fourth-order valence-corrected chi connectivity index (χ4v) is 1.38. The molecule has 0 atom stereocenters. The third-order valence-corrected chi connectivity index (χ3v) is 2.35. The highest BCUT2D eigenvalue weighted by atomic mass is 16.1. The number of nitrogens with one attached hydrogen (secondary N) is 2. The summed E-state index contributed by atoms with van der Waals surface area (Å²) in [4.78, 5) is 19.5. The third kappa shape index (κ3) is 3.30. The number of hydrogen-bond acceptors (Lipinski definition) is 5. The number of nitrogens with two attached hydrogens (primary N) is 1. The van der Waals surface area contributed by atoms with E-state index in [1.165, 1.54) is 0 Å². The minimum atomic E-state index is -0.417. The van der Waals surface area contributed by atoms with E-state index < -0.39 is 5.91 Å². The molecule has 1 amide bonds. The topological polar surface area (TPSA) is 92.9 Å². The van der Waals surface area contributed by atoms with E-state index in [4.69, 9.17) is 5.73 Å². The van der Waals surface area contributed by atoms with E-state index in [1.807, 2.05) is 20.8 Å². The van der Waals surface area contributed by atoms with E-state index in [1.54, 1.807) is 7.05 Å². The number of hydrogen-bond donors (Lipinski definition) is 3. The van der Waals surface area contributed by atoms with Crippen molar-refractivity contribution in [2.24, 2.45) is 5.73 Å². The summed E-state index contributed by atoms with van der Waals surface area (Å²) in [5, 5.41) is 5.93. The van der Waals surface area contributed by atoms with Crippen LogP contribution >= 0.6 is 0 Å². The molecule has 1 aromatic heterocycles. The Balaban J connectivity index is 3.08. The summed E-state index contributed by atoms with van der Waals surface area (Å²) >= 11 is 0. The summed E-state index contributed by atoms with van der Waals surface area (Å²) in [6.07, 6.45) is 0. The lowest BCUT2D eigenvalue weighted by Gasteiger charge is -2.14. The summed E-state index contributed by atoms with van der Waals surface area (Å²) < 4.78 is 0. The molecule has 17 heavy (non-hydrogen) atoms. The largest absolute Gasteiger partial charge is 0.373 e. The van der Waals surface area contributed by atoms with Gasteiger partial charge in [0.05, 0.1) is 6.54 Å². The lowest BCUT2D eigenvalue weighted by Crippen LogP contribution is -2.23. The van der Waals surface area contributed by atoms with Gasteiger partial charge in [-0.3, -0.25) is 4.79 Å². The quantitative estimate of drug-likeness (QED) is 0.706. The van der Waals surface area contributed by atoms with Crippen molar-refractivity contribution in [2.45, 2.75) is 26.7 Å². The molecular formula is C11H19N5O. The van der Waals surface area contributed by atoms with Crippen LogP contribution in [0.5, 0.6) is 0 Å². The van der Waals surface area contributed by atoms with Gasteiger partial charge < -0.3 is 16.4 Å². The first-order valence-electron chi connectivity index (χ1n) is 5.54. The predicted molar refractivity (Wildman–Crippen MR) is 68.1 cm³/mol. The average Bonchev–Trinajstić information content (AvgIpc) is 2.27. The van der Waals surface area contributed by atoms with Crippen molar-refractivity contribution in [2.75, 3.05) is 24.2 Å². The molecule has 1 heterocycles. The van der Waals surface area contributed by atoms with Crippen molar-refractivity contribution < 1.29 is 4.79 Å². The highest BCUT2D eigenvalue weighted by Gasteiger charge is 2.12. The second-order valence-electron chi connectivity index (χ2n) is 4.13. The minimum Gasteiger partial charge on any atom is -0.373 e. The molecule has 4 N–H and O–H groups in total. The van der Waals surface area contributed by atoms with Crippen LogP contribution in [0.15, 0.2) is 0 Å². The van der Waals surface area contributed by atoms with E-state index in [-0.39, 0.29) is 12.5 Å². The Bertz CT molecular complexity index is 417. The van der Waals surface area contributed by atoms with E-state index >= 15 is 0 Å². The van der Waals surface area contributed by atoms with E-state index in [0.29, 0.717) is 5.82 Å². The number of aromatic nitrogens is 2. The van der Waals surface area contributed by atoms with Crippen molar-refractivity contribution in [3.63, 3.8) is 0 Å². The summed E-state index contributed by atoms with van der Waals surface area (Å²) in [5.41, 5.74) is 5.97. The summed E-state index contributed by atoms with van der Waals surface area (Å²) in [7, 11) is 1.80. The number of carbonyl (C=O) groups is 1. The molecular weight excluding hydrogens is 218 g/mol. The van der Waals surface area contributed by atoms with Crippen LogP contribution in [0, 0.1) is 6.92 Å². The molecule has 0 aliphatic heterocycles. The molecule has 1 aromatic rings. The molecule has 6 nitrogen and oxygen atoms in total. The van der Waals surface area contributed by atoms with Crippen LogP contribution in [-0.4, -0.2) is 29.5 Å². The molecule has 0 spiro atoms. The van der Waals surface area contributed by atoms with Crippen molar-refractivity contribution in [1.82, 2.24) is 9.97 Å². The van der Waals surface area contributed by atoms with Crippen LogP contribution in [0.3, 0.4) is 0 Å². The van der Waals surface area contributed by atoms with Gasteiger partial charge in [0.1, 0.15) is 17.5 Å². The molecule has 0 radical (unpaired) electrons. The van der Waals surface area contributed by atoms with Gasteiger partial charge in [-0.25, -0.2) is 9.97 Å². The van der Waals surface area contributed by atoms with Crippen LogP contribution in [-0.2, 0) is 4.79 Å². The fraction of sp³-hybridized carbons (Fsp3) is 0.545. The first-order valence-corrected chi connectivity index (χ1v) is 5.54. The summed E-state index contributed by atoms with van der Waals surface area (Å²) in [6, 6.07) is 0. The SMILES string of the molecule is CNc1nc(C(C)C)nc(NCC(N)=O)c1C. The van der Waals surface area contributed by atoms with Gasteiger partial charge in [-0.05, 0) is 6.92 Å². The molecule has 1 rings (SSSR count). The van der Waals surface area contributed by atoms with Gasteiger partial charge >= 0.3 is 0 Å². The monoisotopic (exact) mass is 237 g/mol. The van der Waals surface area contributed by atoms with Gasteiger partial charge in [-0.1, -0.05) is 13.8 Å². The zero-order valence-corrected chi connectivity index (χ0v) is 10.7. The molecule has 0 unspecified atom stereocenters. The molecule has 0 fully saturated rings. The van der Waals surface area contributed by atoms with Gasteiger partial charge in [0.2, 0.25) is 5.91 Å². The van der Waals surface area contributed by atoms with E-state index in [9.17, 15) is 4.79 Å². The number of anilines is 2. The normalized spacial score (nSPS) is 10.4. The highest BCUT2D eigenvalue weighted by Crippen LogP contribution is 2.22. The van der Waals surface area contributed by atoms with Gasteiger partial charge in [0.15, 0.2) is 0 Å². The highest BCUT2D eigenvalue weighted by molar-refractivity contribution is 5.79. The van der Waals surface area contributed by atoms with Gasteiger partial charge in [-0.15, -0.1) is 0 Å². The van der Waals surface area contributed by atoms with Crippen LogP contribution in [0.2, 0.25) is 0 Å². The first-order chi connectivity index (χ1) is 7.95. The molecule has 0 aliphatic rings. The maximum Gasteiger partial charge on any atom is 0.236 e. The number of nitrogens with zero attached hydrogens (tertiary/aromatic N) is 2. The smallest absolute Gasteiger partial charge is 0.236 e. The molecule has 0 aliphatic carbocycles. The predicted octanol–water partition coefficient (Wildman–Crippen LogP) is 0.847. The van der Waals surface area contributed by atoms with Crippen molar-refractivity contribution >= 4 is 17.5 Å². The molecule has 0 aromatic carbocycles. The Hall–Kier alpha value is -1.85. The van der Waals surface area contributed by atoms with Gasteiger partial charge in [0, 0.05) is 18.5 Å². The standard InChI is InChI=1S/C11H19N5O/c1-6(2)9-15-10(13-4)7(3)11(16-9)14-5-8(12)17/h6H,5H2,1-4H3,(H2,12,17)(H2,13,14,15,16). The average molecular weight is 237 g/mol. The molecule has 0 saturated carbocycles. The maximum atomic E-state index is 10.8. The van der Waals surface area contributed by atoms with Crippen molar-refractivity contribution in [3.05, 3.63) is 11.4 Å². The van der Waals surface area contributed by atoms with Gasteiger partial charge in [-0.2, -0.15) is 0 Å². The second-order valence-corrected chi connectivity index (χ2v) is 4.13. The van der Waals surface area contributed by atoms with E-state index in [2.05, 4.69) is 20.6 Å². The number of amides is 1. The van der Waals surface area contributed by atoms with Gasteiger partial charge in [0.25, 0.3) is 0 Å². The van der Waals surface area contributed by atoms with Crippen molar-refractivity contribution in [3.8, 4) is 0 Å². The summed E-state index contributed by atoms with van der Waals surface area (Å²) in [6.45, 7) is 5.99. The van der Waals surface area contributed by atoms with Crippen LogP contribution in [0.1, 0.15) is 31.2 Å². The fourth-order valence-electron chi connectivity index (χ4n) is 1.38. The Morgan fingerprint density at radius 2 is 1.94 bits per heavy atom. The Labute approximate surface area is 101 Å². The minimum absolute atomic E-state index is 0.0680.